The summed E-state index contributed by atoms with van der Waals surface area (Å²) in [4.78, 5) is 0. The molecular weight excluding hydrogens is 282 g/mol. The van der Waals surface area contributed by atoms with E-state index >= 15 is 0 Å². The highest BCUT2D eigenvalue weighted by molar-refractivity contribution is 6.30. The zero-order valence-electron chi connectivity index (χ0n) is 12.2. The van der Waals surface area contributed by atoms with Gasteiger partial charge in [-0.3, -0.25) is 0 Å². The van der Waals surface area contributed by atoms with Gasteiger partial charge < -0.3 is 9.73 Å². The summed E-state index contributed by atoms with van der Waals surface area (Å²) in [6.07, 6.45) is 0.843. The minimum absolute atomic E-state index is 0.135. The first-order chi connectivity index (χ1) is 10.2. The van der Waals surface area contributed by atoms with Crippen LogP contribution in [0.3, 0.4) is 0 Å². The Morgan fingerprint density at radius 2 is 1.95 bits per heavy atom. The van der Waals surface area contributed by atoms with Crippen molar-refractivity contribution >= 4 is 22.6 Å². The first kappa shape index (κ1) is 14.2. The molecule has 0 aliphatic heterocycles. The van der Waals surface area contributed by atoms with E-state index in [1.807, 2.05) is 25.2 Å². The van der Waals surface area contributed by atoms with E-state index in [9.17, 15) is 0 Å². The maximum Gasteiger partial charge on any atom is 0.137 e. The van der Waals surface area contributed by atoms with Crippen molar-refractivity contribution in [3.63, 3.8) is 0 Å². The topological polar surface area (TPSA) is 25.2 Å². The highest BCUT2D eigenvalue weighted by atomic mass is 35.5. The molecule has 108 valence electrons. The Bertz CT molecular complexity index is 763. The van der Waals surface area contributed by atoms with Crippen LogP contribution in [0.5, 0.6) is 0 Å². The van der Waals surface area contributed by atoms with Gasteiger partial charge in [0.05, 0.1) is 6.04 Å². The number of furan rings is 1. The Morgan fingerprint density at radius 1 is 1.14 bits per heavy atom. The number of nitrogens with one attached hydrogen (secondary N) is 1. The van der Waals surface area contributed by atoms with Crippen LogP contribution in [-0.2, 0) is 6.42 Å². The lowest BCUT2D eigenvalue weighted by atomic mass is 10.0. The maximum atomic E-state index is 6.06. The van der Waals surface area contributed by atoms with Gasteiger partial charge in [0, 0.05) is 10.4 Å². The van der Waals surface area contributed by atoms with Crippen molar-refractivity contribution in [1.29, 1.82) is 0 Å². The molecule has 3 rings (SSSR count). The van der Waals surface area contributed by atoms with E-state index in [1.54, 1.807) is 0 Å². The monoisotopic (exact) mass is 299 g/mol. The third kappa shape index (κ3) is 2.97. The Kier molecular flexibility index (Phi) is 4.00. The summed E-state index contributed by atoms with van der Waals surface area (Å²) >= 11 is 6.06. The average Bonchev–Trinajstić information content (AvgIpc) is 2.90. The van der Waals surface area contributed by atoms with Crippen LogP contribution >= 0.6 is 11.6 Å². The molecule has 0 saturated heterocycles. The van der Waals surface area contributed by atoms with Crippen molar-refractivity contribution in [2.45, 2.75) is 19.4 Å². The molecule has 0 aliphatic rings. The summed E-state index contributed by atoms with van der Waals surface area (Å²) in [5.74, 6) is 0.960. The predicted octanol–water partition coefficient (Wildman–Crippen LogP) is 4.90. The van der Waals surface area contributed by atoms with E-state index in [4.69, 9.17) is 16.0 Å². The standard InChI is InChI=1S/C18H18ClNO/c1-12-5-3-7-14-11-17(21-18(12)14)16(20-2)10-13-6-4-8-15(19)9-13/h3-9,11,16,20H,10H2,1-2H3. The van der Waals surface area contributed by atoms with Crippen LogP contribution in [0.15, 0.2) is 52.9 Å². The number of rotatable bonds is 4. The van der Waals surface area contributed by atoms with E-state index < -0.39 is 0 Å². The summed E-state index contributed by atoms with van der Waals surface area (Å²) in [6, 6.07) is 16.4. The van der Waals surface area contributed by atoms with Crippen molar-refractivity contribution in [3.8, 4) is 0 Å². The number of para-hydroxylation sites is 1. The van der Waals surface area contributed by atoms with E-state index in [0.29, 0.717) is 0 Å². The van der Waals surface area contributed by atoms with Gasteiger partial charge >= 0.3 is 0 Å². The number of aryl methyl sites for hydroxylation is 1. The van der Waals surface area contributed by atoms with Gasteiger partial charge in [0.1, 0.15) is 11.3 Å². The smallest absolute Gasteiger partial charge is 0.137 e. The van der Waals surface area contributed by atoms with Crippen LogP contribution in [0.2, 0.25) is 5.02 Å². The molecule has 0 amide bonds. The number of fused-ring (bicyclic) bond motifs is 1. The van der Waals surface area contributed by atoms with Gasteiger partial charge in [-0.2, -0.15) is 0 Å². The van der Waals surface area contributed by atoms with Gasteiger partial charge in [-0.25, -0.2) is 0 Å². The van der Waals surface area contributed by atoms with Gasteiger partial charge in [-0.05, 0) is 49.7 Å². The molecule has 2 nitrogen and oxygen atoms in total. The second-order valence-corrected chi connectivity index (χ2v) is 5.75. The Morgan fingerprint density at radius 3 is 2.67 bits per heavy atom. The maximum absolute atomic E-state index is 6.06. The lowest BCUT2D eigenvalue weighted by molar-refractivity contribution is 0.450. The van der Waals surface area contributed by atoms with Gasteiger partial charge in [0.2, 0.25) is 0 Å². The second kappa shape index (κ2) is 5.92. The first-order valence-electron chi connectivity index (χ1n) is 7.08. The second-order valence-electron chi connectivity index (χ2n) is 5.32. The largest absolute Gasteiger partial charge is 0.459 e. The number of benzene rings is 2. The predicted molar refractivity (Wildman–Crippen MR) is 87.9 cm³/mol. The molecule has 1 unspecified atom stereocenters. The fraction of sp³-hybridized carbons (Fsp3) is 0.222. The van der Waals surface area contributed by atoms with E-state index in [0.717, 1.165) is 33.7 Å². The summed E-state index contributed by atoms with van der Waals surface area (Å²) in [5, 5.41) is 5.25. The van der Waals surface area contributed by atoms with Crippen molar-refractivity contribution < 1.29 is 4.42 Å². The van der Waals surface area contributed by atoms with Crippen LogP contribution in [0.25, 0.3) is 11.0 Å². The number of halogens is 1. The van der Waals surface area contributed by atoms with Crippen molar-refractivity contribution in [1.82, 2.24) is 5.32 Å². The van der Waals surface area contributed by atoms with E-state index in [2.05, 4.69) is 42.6 Å². The molecular formula is C18H18ClNO. The van der Waals surface area contributed by atoms with Gasteiger partial charge in [-0.15, -0.1) is 0 Å². The van der Waals surface area contributed by atoms with Crippen molar-refractivity contribution in [2.24, 2.45) is 0 Å². The quantitative estimate of drug-likeness (QED) is 0.741. The summed E-state index contributed by atoms with van der Waals surface area (Å²) in [6.45, 7) is 2.07. The molecule has 1 atom stereocenters. The summed E-state index contributed by atoms with van der Waals surface area (Å²) in [5.41, 5.74) is 3.33. The molecule has 3 aromatic rings. The summed E-state index contributed by atoms with van der Waals surface area (Å²) < 4.78 is 6.06. The minimum atomic E-state index is 0.135. The normalized spacial score (nSPS) is 12.7. The Hall–Kier alpha value is -1.77. The highest BCUT2D eigenvalue weighted by Gasteiger charge is 2.16. The van der Waals surface area contributed by atoms with Crippen LogP contribution in [0.4, 0.5) is 0 Å². The van der Waals surface area contributed by atoms with Gasteiger partial charge in [-0.1, -0.05) is 41.9 Å². The lowest BCUT2D eigenvalue weighted by Gasteiger charge is -2.13. The molecule has 0 radical (unpaired) electrons. The van der Waals surface area contributed by atoms with Crippen LogP contribution < -0.4 is 5.32 Å². The van der Waals surface area contributed by atoms with E-state index in [1.165, 1.54) is 5.56 Å². The molecule has 1 aromatic heterocycles. The third-order valence-electron chi connectivity index (χ3n) is 3.78. The third-order valence-corrected chi connectivity index (χ3v) is 4.02. The zero-order chi connectivity index (χ0) is 14.8. The molecule has 0 aliphatic carbocycles. The fourth-order valence-electron chi connectivity index (χ4n) is 2.65. The number of hydrogen-bond donors (Lipinski definition) is 1. The van der Waals surface area contributed by atoms with E-state index in [-0.39, 0.29) is 6.04 Å². The minimum Gasteiger partial charge on any atom is -0.459 e. The molecule has 1 heterocycles. The van der Waals surface area contributed by atoms with Crippen molar-refractivity contribution in [3.05, 3.63) is 70.4 Å². The highest BCUT2D eigenvalue weighted by Crippen LogP contribution is 2.28. The lowest BCUT2D eigenvalue weighted by Crippen LogP contribution is -2.18. The molecule has 3 heteroatoms. The Balaban J connectivity index is 1.93. The zero-order valence-corrected chi connectivity index (χ0v) is 12.9. The molecule has 21 heavy (non-hydrogen) atoms. The van der Waals surface area contributed by atoms with Crippen LogP contribution in [0, 0.1) is 6.92 Å². The average molecular weight is 300 g/mol. The molecule has 1 N–H and O–H groups in total. The van der Waals surface area contributed by atoms with Crippen molar-refractivity contribution in [2.75, 3.05) is 7.05 Å². The summed E-state index contributed by atoms with van der Waals surface area (Å²) in [7, 11) is 1.95. The van der Waals surface area contributed by atoms with Gasteiger partial charge in [0.15, 0.2) is 0 Å². The van der Waals surface area contributed by atoms with Gasteiger partial charge in [0.25, 0.3) is 0 Å². The molecule has 0 saturated carbocycles. The SMILES string of the molecule is CNC(Cc1cccc(Cl)c1)c1cc2cccc(C)c2o1. The Labute approximate surface area is 129 Å². The van der Waals surface area contributed by atoms with Crippen LogP contribution in [-0.4, -0.2) is 7.05 Å². The number of hydrogen-bond acceptors (Lipinski definition) is 2. The first-order valence-corrected chi connectivity index (χ1v) is 7.46. The molecule has 0 bridgehead atoms. The number of likely N-dealkylation sites (N-methyl/N-ethyl adjacent to an activating group) is 1. The molecule has 0 fully saturated rings. The van der Waals surface area contributed by atoms with Crippen LogP contribution in [0.1, 0.15) is 22.9 Å². The fourth-order valence-corrected chi connectivity index (χ4v) is 2.86. The molecule has 2 aromatic carbocycles. The molecule has 0 spiro atoms.